The van der Waals surface area contributed by atoms with Crippen molar-refractivity contribution in [3.8, 4) is 5.75 Å². The molecule has 0 aliphatic carbocycles. The standard InChI is InChI=1S/C27H29Cl2N3O5S/c1-4-30-27(34)19(2)31(17-20-9-8-10-24(13-20)37-3)26(33)18-32(23-15-21(28)14-22(29)16-23)38(35,36)25-11-6-5-7-12-25/h5-16,19H,4,17-18H2,1-3H3,(H,30,34)/t19-/m1/s1. The van der Waals surface area contributed by atoms with Crippen LogP contribution in [0.4, 0.5) is 5.69 Å². The number of nitrogens with zero attached hydrogens (tertiary/aromatic N) is 2. The Kier molecular flexibility index (Phi) is 10.0. The van der Waals surface area contributed by atoms with E-state index in [2.05, 4.69) is 5.32 Å². The lowest BCUT2D eigenvalue weighted by molar-refractivity contribution is -0.139. The minimum absolute atomic E-state index is 0.0139. The van der Waals surface area contributed by atoms with E-state index in [-0.39, 0.29) is 33.1 Å². The molecule has 3 rings (SSSR count). The van der Waals surface area contributed by atoms with Gasteiger partial charge in [0.2, 0.25) is 11.8 Å². The van der Waals surface area contributed by atoms with E-state index in [0.717, 1.165) is 4.31 Å². The van der Waals surface area contributed by atoms with Crippen LogP contribution in [0.15, 0.2) is 77.7 Å². The summed E-state index contributed by atoms with van der Waals surface area (Å²) in [6, 6.07) is 18.2. The predicted molar refractivity (Wildman–Crippen MR) is 149 cm³/mol. The fourth-order valence-electron chi connectivity index (χ4n) is 3.80. The predicted octanol–water partition coefficient (Wildman–Crippen LogP) is 4.75. The van der Waals surface area contributed by atoms with Gasteiger partial charge < -0.3 is 15.0 Å². The van der Waals surface area contributed by atoms with Crippen LogP contribution in [-0.2, 0) is 26.2 Å². The molecule has 0 saturated heterocycles. The molecule has 38 heavy (non-hydrogen) atoms. The third-order valence-electron chi connectivity index (χ3n) is 5.75. The van der Waals surface area contributed by atoms with Gasteiger partial charge in [0.15, 0.2) is 0 Å². The van der Waals surface area contributed by atoms with Gasteiger partial charge in [0, 0.05) is 23.1 Å². The number of halogens is 2. The number of hydrogen-bond donors (Lipinski definition) is 1. The molecular formula is C27H29Cl2N3O5S. The van der Waals surface area contributed by atoms with E-state index in [4.69, 9.17) is 27.9 Å². The van der Waals surface area contributed by atoms with Gasteiger partial charge in [-0.1, -0.05) is 53.5 Å². The van der Waals surface area contributed by atoms with Crippen molar-refractivity contribution in [3.63, 3.8) is 0 Å². The maximum atomic E-state index is 13.8. The van der Waals surface area contributed by atoms with Crippen molar-refractivity contribution in [2.45, 2.75) is 31.3 Å². The molecule has 3 aromatic rings. The summed E-state index contributed by atoms with van der Waals surface area (Å²) in [5.41, 5.74) is 0.823. The fourth-order valence-corrected chi connectivity index (χ4v) is 5.74. The number of likely N-dealkylation sites (N-methyl/N-ethyl adjacent to an activating group) is 1. The molecule has 0 aromatic heterocycles. The van der Waals surface area contributed by atoms with Gasteiger partial charge in [0.05, 0.1) is 17.7 Å². The molecule has 3 aromatic carbocycles. The van der Waals surface area contributed by atoms with Crippen LogP contribution in [0.5, 0.6) is 5.75 Å². The minimum atomic E-state index is -4.21. The number of methoxy groups -OCH3 is 1. The zero-order valence-electron chi connectivity index (χ0n) is 21.2. The smallest absolute Gasteiger partial charge is 0.264 e. The van der Waals surface area contributed by atoms with Gasteiger partial charge in [-0.25, -0.2) is 8.42 Å². The second-order valence-electron chi connectivity index (χ2n) is 8.40. The number of anilines is 1. The fraction of sp³-hybridized carbons (Fsp3) is 0.259. The molecule has 0 radical (unpaired) electrons. The average molecular weight is 579 g/mol. The summed E-state index contributed by atoms with van der Waals surface area (Å²) < 4.78 is 33.7. The van der Waals surface area contributed by atoms with Crippen LogP contribution < -0.4 is 14.4 Å². The third-order valence-corrected chi connectivity index (χ3v) is 7.98. The molecule has 8 nitrogen and oxygen atoms in total. The molecule has 0 saturated carbocycles. The van der Waals surface area contributed by atoms with Gasteiger partial charge in [-0.2, -0.15) is 0 Å². The number of carbonyl (C=O) groups is 2. The van der Waals surface area contributed by atoms with Crippen LogP contribution in [0.1, 0.15) is 19.4 Å². The largest absolute Gasteiger partial charge is 0.497 e. The quantitative estimate of drug-likeness (QED) is 0.354. The first-order chi connectivity index (χ1) is 18.1. The molecule has 0 aliphatic rings. The first-order valence-corrected chi connectivity index (χ1v) is 14.0. The van der Waals surface area contributed by atoms with Gasteiger partial charge in [-0.05, 0) is 61.9 Å². The van der Waals surface area contributed by atoms with E-state index in [9.17, 15) is 18.0 Å². The van der Waals surface area contributed by atoms with E-state index >= 15 is 0 Å². The molecule has 1 atom stereocenters. The van der Waals surface area contributed by atoms with Gasteiger partial charge in [0.1, 0.15) is 18.3 Å². The van der Waals surface area contributed by atoms with E-state index < -0.39 is 28.5 Å². The van der Waals surface area contributed by atoms with Gasteiger partial charge in [0.25, 0.3) is 10.0 Å². The van der Waals surface area contributed by atoms with Crippen molar-refractivity contribution in [2.75, 3.05) is 24.5 Å². The Morgan fingerprint density at radius 1 is 0.974 bits per heavy atom. The summed E-state index contributed by atoms with van der Waals surface area (Å²) in [4.78, 5) is 27.9. The molecule has 1 N–H and O–H groups in total. The minimum Gasteiger partial charge on any atom is -0.497 e. The van der Waals surface area contributed by atoms with E-state index in [0.29, 0.717) is 17.9 Å². The molecule has 202 valence electrons. The summed E-state index contributed by atoms with van der Waals surface area (Å²) in [5.74, 6) is -0.378. The summed E-state index contributed by atoms with van der Waals surface area (Å²) in [5, 5.41) is 3.13. The Balaban J connectivity index is 2.05. The number of nitrogens with one attached hydrogen (secondary N) is 1. The number of carbonyl (C=O) groups excluding carboxylic acids is 2. The lowest BCUT2D eigenvalue weighted by Gasteiger charge is -2.32. The summed E-state index contributed by atoms with van der Waals surface area (Å²) in [6.07, 6.45) is 0. The molecule has 0 spiro atoms. The highest BCUT2D eigenvalue weighted by Crippen LogP contribution is 2.30. The van der Waals surface area contributed by atoms with Crippen molar-refractivity contribution >= 4 is 50.7 Å². The second kappa shape index (κ2) is 13.0. The number of ether oxygens (including phenoxy) is 1. The summed E-state index contributed by atoms with van der Waals surface area (Å²) >= 11 is 12.4. The van der Waals surface area contributed by atoms with E-state index in [1.54, 1.807) is 56.3 Å². The van der Waals surface area contributed by atoms with Gasteiger partial charge >= 0.3 is 0 Å². The number of sulfonamides is 1. The molecule has 0 aliphatic heterocycles. The van der Waals surface area contributed by atoms with Crippen LogP contribution >= 0.6 is 23.2 Å². The van der Waals surface area contributed by atoms with Crippen molar-refractivity contribution < 1.29 is 22.7 Å². The highest BCUT2D eigenvalue weighted by Gasteiger charge is 2.32. The molecule has 0 bridgehead atoms. The first-order valence-electron chi connectivity index (χ1n) is 11.8. The normalized spacial score (nSPS) is 11.9. The summed E-state index contributed by atoms with van der Waals surface area (Å²) in [7, 11) is -2.68. The van der Waals surface area contributed by atoms with E-state index in [1.165, 1.54) is 42.3 Å². The third kappa shape index (κ3) is 7.18. The van der Waals surface area contributed by atoms with Crippen molar-refractivity contribution in [3.05, 3.63) is 88.4 Å². The Morgan fingerprint density at radius 3 is 2.24 bits per heavy atom. The van der Waals surface area contributed by atoms with Crippen LogP contribution in [0.25, 0.3) is 0 Å². The Bertz CT molecular complexity index is 1370. The maximum Gasteiger partial charge on any atom is 0.264 e. The zero-order valence-corrected chi connectivity index (χ0v) is 23.6. The van der Waals surface area contributed by atoms with E-state index in [1.807, 2.05) is 0 Å². The molecule has 11 heteroatoms. The molecule has 0 fully saturated rings. The lowest BCUT2D eigenvalue weighted by Crippen LogP contribution is -2.51. The maximum absolute atomic E-state index is 13.8. The van der Waals surface area contributed by atoms with Crippen LogP contribution in [0.2, 0.25) is 10.0 Å². The number of hydrogen-bond acceptors (Lipinski definition) is 5. The Hall–Kier alpha value is -3.27. The van der Waals surface area contributed by atoms with Gasteiger partial charge in [-0.3, -0.25) is 13.9 Å². The van der Waals surface area contributed by atoms with Crippen LogP contribution in [0, 0.1) is 0 Å². The van der Waals surface area contributed by atoms with Crippen LogP contribution in [0.3, 0.4) is 0 Å². The Labute approximate surface area is 233 Å². The zero-order chi connectivity index (χ0) is 27.9. The number of rotatable bonds is 11. The lowest BCUT2D eigenvalue weighted by atomic mass is 10.1. The Morgan fingerprint density at radius 2 is 1.63 bits per heavy atom. The van der Waals surface area contributed by atoms with Gasteiger partial charge in [-0.15, -0.1) is 0 Å². The first kappa shape index (κ1) is 29.3. The molecule has 0 unspecified atom stereocenters. The van der Waals surface area contributed by atoms with Crippen molar-refractivity contribution in [1.82, 2.24) is 10.2 Å². The second-order valence-corrected chi connectivity index (χ2v) is 11.1. The topological polar surface area (TPSA) is 96.0 Å². The highest BCUT2D eigenvalue weighted by atomic mass is 35.5. The molecular weight excluding hydrogens is 549 g/mol. The van der Waals surface area contributed by atoms with Crippen LogP contribution in [-0.4, -0.2) is 51.4 Å². The SMILES string of the molecule is CCNC(=O)[C@@H](C)N(Cc1cccc(OC)c1)C(=O)CN(c1cc(Cl)cc(Cl)c1)S(=O)(=O)c1ccccc1. The van der Waals surface area contributed by atoms with Crippen molar-refractivity contribution in [2.24, 2.45) is 0 Å². The average Bonchev–Trinajstić information content (AvgIpc) is 2.90. The highest BCUT2D eigenvalue weighted by molar-refractivity contribution is 7.92. The number of amides is 2. The molecule has 2 amide bonds. The summed E-state index contributed by atoms with van der Waals surface area (Å²) in [6.45, 7) is 3.19. The monoisotopic (exact) mass is 577 g/mol. The van der Waals surface area contributed by atoms with Crippen molar-refractivity contribution in [1.29, 1.82) is 0 Å². The molecule has 0 heterocycles. The number of benzene rings is 3.